The summed E-state index contributed by atoms with van der Waals surface area (Å²) < 4.78 is 6.37. The van der Waals surface area contributed by atoms with E-state index < -0.39 is 0 Å². The van der Waals surface area contributed by atoms with Gasteiger partial charge in [-0.2, -0.15) is 0 Å². The first kappa shape index (κ1) is 26.1. The van der Waals surface area contributed by atoms with Crippen LogP contribution in [-0.2, 0) is 0 Å². The zero-order valence-corrected chi connectivity index (χ0v) is 25.6. The molecule has 1 heterocycles. The van der Waals surface area contributed by atoms with E-state index in [2.05, 4.69) is 164 Å². The van der Waals surface area contributed by atoms with E-state index in [1.54, 1.807) is 0 Å². The summed E-state index contributed by atoms with van der Waals surface area (Å²) in [5, 5.41) is 13.4. The molecule has 0 amide bonds. The van der Waals surface area contributed by atoms with E-state index in [4.69, 9.17) is 4.42 Å². The van der Waals surface area contributed by atoms with Crippen molar-refractivity contribution in [2.45, 2.75) is 0 Å². The zero-order chi connectivity index (χ0) is 30.9. The molecule has 0 bridgehead atoms. The van der Waals surface area contributed by atoms with E-state index in [1.807, 2.05) is 6.26 Å². The van der Waals surface area contributed by atoms with Gasteiger partial charge in [0.15, 0.2) is 0 Å². The maximum Gasteiger partial charge on any atom is 0.142 e. The molecule has 0 saturated heterocycles. The number of benzene rings is 9. The predicted octanol–water partition coefficient (Wildman–Crippen LogP) is 13.2. The van der Waals surface area contributed by atoms with Crippen molar-refractivity contribution in [1.29, 1.82) is 0 Å². The van der Waals surface area contributed by atoms with Crippen LogP contribution in [0.25, 0.3) is 98.2 Å². The molecule has 0 saturated carbocycles. The lowest BCUT2D eigenvalue weighted by molar-refractivity contribution is 0.620. The Bertz CT molecular complexity index is 2790. The fourth-order valence-corrected chi connectivity index (χ4v) is 7.88. The molecule has 0 aliphatic rings. The van der Waals surface area contributed by atoms with Crippen LogP contribution in [-0.4, -0.2) is 0 Å². The van der Waals surface area contributed by atoms with Crippen LogP contribution < -0.4 is 0 Å². The fourth-order valence-electron chi connectivity index (χ4n) is 7.88. The Balaban J connectivity index is 1.29. The monoisotopic (exact) mass is 596 g/mol. The zero-order valence-electron chi connectivity index (χ0n) is 25.6. The van der Waals surface area contributed by atoms with Crippen molar-refractivity contribution >= 4 is 64.8 Å². The lowest BCUT2D eigenvalue weighted by Gasteiger charge is -2.19. The maximum absolute atomic E-state index is 6.37. The number of hydrogen-bond acceptors (Lipinski definition) is 1. The van der Waals surface area contributed by atoms with Gasteiger partial charge < -0.3 is 4.42 Å². The van der Waals surface area contributed by atoms with Crippen molar-refractivity contribution in [2.24, 2.45) is 0 Å². The van der Waals surface area contributed by atoms with Crippen molar-refractivity contribution in [3.05, 3.63) is 170 Å². The molecule has 1 heteroatoms. The summed E-state index contributed by atoms with van der Waals surface area (Å²) in [5.74, 6) is 0. The first-order valence-corrected chi connectivity index (χ1v) is 16.2. The van der Waals surface area contributed by atoms with Gasteiger partial charge >= 0.3 is 0 Å². The second-order valence-corrected chi connectivity index (χ2v) is 12.4. The van der Waals surface area contributed by atoms with Gasteiger partial charge in [0.05, 0.1) is 6.26 Å². The molecule has 9 aromatic carbocycles. The van der Waals surface area contributed by atoms with Crippen LogP contribution in [0.5, 0.6) is 0 Å². The normalized spacial score (nSPS) is 11.8. The molecule has 0 spiro atoms. The minimum Gasteiger partial charge on any atom is -0.463 e. The minimum atomic E-state index is 0.936. The van der Waals surface area contributed by atoms with Crippen LogP contribution in [0.15, 0.2) is 174 Å². The van der Waals surface area contributed by atoms with Gasteiger partial charge in [0.25, 0.3) is 0 Å². The summed E-state index contributed by atoms with van der Waals surface area (Å²) in [6, 6.07) is 59.5. The molecule has 1 nitrogen and oxygen atoms in total. The lowest BCUT2D eigenvalue weighted by atomic mass is 9.83. The second-order valence-electron chi connectivity index (χ2n) is 12.4. The molecule has 0 atom stereocenters. The van der Waals surface area contributed by atoms with E-state index in [9.17, 15) is 0 Å². The van der Waals surface area contributed by atoms with Crippen molar-refractivity contribution < 1.29 is 4.42 Å². The third-order valence-corrected chi connectivity index (χ3v) is 9.94. The highest BCUT2D eigenvalue weighted by atomic mass is 16.3. The largest absolute Gasteiger partial charge is 0.463 e. The van der Waals surface area contributed by atoms with E-state index >= 15 is 0 Å². The van der Waals surface area contributed by atoms with Crippen molar-refractivity contribution in [3.8, 4) is 33.4 Å². The summed E-state index contributed by atoms with van der Waals surface area (Å²) >= 11 is 0. The predicted molar refractivity (Wildman–Crippen MR) is 200 cm³/mol. The van der Waals surface area contributed by atoms with Crippen LogP contribution in [0, 0.1) is 0 Å². The average molecular weight is 597 g/mol. The Hall–Kier alpha value is -6.18. The Morgan fingerprint density at radius 2 is 0.702 bits per heavy atom. The first-order valence-electron chi connectivity index (χ1n) is 16.2. The van der Waals surface area contributed by atoms with Gasteiger partial charge in [0.2, 0.25) is 0 Å². The van der Waals surface area contributed by atoms with Crippen LogP contribution in [0.1, 0.15) is 0 Å². The smallest absolute Gasteiger partial charge is 0.142 e. The Morgan fingerprint density at radius 3 is 1.36 bits per heavy atom. The number of hydrogen-bond donors (Lipinski definition) is 0. The van der Waals surface area contributed by atoms with Gasteiger partial charge in [0, 0.05) is 21.9 Å². The molecular formula is C46H28O. The SMILES string of the molecule is c1ccc2c(-c3ccc(-c4c5ccccc5c(-c5coc6c5ccc5ccccc56)c5ccccc45)c4ccccc34)cccc2c1. The van der Waals surface area contributed by atoms with Crippen LogP contribution in [0.2, 0.25) is 0 Å². The molecule has 0 aliphatic carbocycles. The third kappa shape index (κ3) is 3.84. The minimum absolute atomic E-state index is 0.936. The molecule has 0 aliphatic heterocycles. The van der Waals surface area contributed by atoms with Gasteiger partial charge in [-0.3, -0.25) is 0 Å². The standard InChI is InChI=1S/C46H28O/c1-3-15-31-29(12-1)14-11-23-33(31)36-26-27-41(35-18-6-5-17-34(35)36)44-37-19-7-9-21-39(37)45(40-22-10-8-20-38(40)44)43-28-47-46-32-16-4-2-13-30(32)24-25-42(43)46/h1-28H. The highest BCUT2D eigenvalue weighted by Crippen LogP contribution is 2.48. The maximum atomic E-state index is 6.37. The molecule has 0 N–H and O–H groups in total. The topological polar surface area (TPSA) is 13.1 Å². The highest BCUT2D eigenvalue weighted by molar-refractivity contribution is 6.26. The fraction of sp³-hybridized carbons (Fsp3) is 0. The van der Waals surface area contributed by atoms with Crippen molar-refractivity contribution in [1.82, 2.24) is 0 Å². The van der Waals surface area contributed by atoms with Crippen LogP contribution in [0.4, 0.5) is 0 Å². The quantitative estimate of drug-likeness (QED) is 0.185. The lowest BCUT2D eigenvalue weighted by Crippen LogP contribution is -1.92. The van der Waals surface area contributed by atoms with Crippen LogP contribution >= 0.6 is 0 Å². The Morgan fingerprint density at radius 1 is 0.255 bits per heavy atom. The summed E-state index contributed by atoms with van der Waals surface area (Å²) in [4.78, 5) is 0. The number of fused-ring (bicyclic) bond motifs is 7. The second kappa shape index (κ2) is 10.2. The van der Waals surface area contributed by atoms with Gasteiger partial charge in [-0.15, -0.1) is 0 Å². The average Bonchev–Trinajstić information content (AvgIpc) is 3.57. The molecular weight excluding hydrogens is 569 g/mol. The summed E-state index contributed by atoms with van der Waals surface area (Å²) in [7, 11) is 0. The summed E-state index contributed by atoms with van der Waals surface area (Å²) in [6.07, 6.45) is 1.96. The van der Waals surface area contributed by atoms with Gasteiger partial charge in [-0.25, -0.2) is 0 Å². The molecule has 0 fully saturated rings. The molecule has 0 radical (unpaired) electrons. The highest BCUT2D eigenvalue weighted by Gasteiger charge is 2.21. The Labute approximate surface area is 271 Å². The van der Waals surface area contributed by atoms with Crippen molar-refractivity contribution in [2.75, 3.05) is 0 Å². The van der Waals surface area contributed by atoms with Crippen LogP contribution in [0.3, 0.4) is 0 Å². The van der Waals surface area contributed by atoms with E-state index in [-0.39, 0.29) is 0 Å². The summed E-state index contributed by atoms with van der Waals surface area (Å²) in [5.41, 5.74) is 8.29. The number of rotatable bonds is 3. The molecule has 10 aromatic rings. The molecule has 0 unspecified atom stereocenters. The van der Waals surface area contributed by atoms with E-state index in [0.717, 1.165) is 21.9 Å². The molecule has 47 heavy (non-hydrogen) atoms. The molecule has 10 rings (SSSR count). The summed E-state index contributed by atoms with van der Waals surface area (Å²) in [6.45, 7) is 0. The van der Waals surface area contributed by atoms with E-state index in [1.165, 1.54) is 76.3 Å². The van der Waals surface area contributed by atoms with Gasteiger partial charge in [-0.05, 0) is 76.8 Å². The molecule has 1 aromatic heterocycles. The Kier molecular flexibility index (Phi) is 5.64. The van der Waals surface area contributed by atoms with E-state index in [0.29, 0.717) is 0 Å². The number of furan rings is 1. The van der Waals surface area contributed by atoms with Gasteiger partial charge in [0.1, 0.15) is 5.58 Å². The first-order chi connectivity index (χ1) is 23.3. The van der Waals surface area contributed by atoms with Gasteiger partial charge in [-0.1, -0.05) is 158 Å². The van der Waals surface area contributed by atoms with Crippen molar-refractivity contribution in [3.63, 3.8) is 0 Å². The molecule has 218 valence electrons. The third-order valence-electron chi connectivity index (χ3n) is 9.94.